The number of nitrogens with one attached hydrogen (secondary N) is 1. The first-order valence-corrected chi connectivity index (χ1v) is 6.98. The van der Waals surface area contributed by atoms with Gasteiger partial charge in [0.15, 0.2) is 10.9 Å². The van der Waals surface area contributed by atoms with E-state index in [0.717, 1.165) is 5.39 Å². The van der Waals surface area contributed by atoms with Crippen LogP contribution in [0.15, 0.2) is 54.1 Å². The molecule has 0 spiro atoms. The molecular weight excluding hydrogens is 274 g/mol. The zero-order valence-corrected chi connectivity index (χ0v) is 11.3. The molecule has 1 N–H and O–H groups in total. The lowest BCUT2D eigenvalue weighted by Gasteiger charge is -2.06. The second kappa shape index (κ2) is 5.75. The Balaban J connectivity index is 1.71. The van der Waals surface area contributed by atoms with Gasteiger partial charge in [-0.05, 0) is 12.1 Å². The number of para-hydroxylation sites is 1. The summed E-state index contributed by atoms with van der Waals surface area (Å²) in [5.74, 6) is 0.342. The normalized spacial score (nSPS) is 10.6. The van der Waals surface area contributed by atoms with Crippen LogP contribution < -0.4 is 4.74 Å². The van der Waals surface area contributed by atoms with E-state index in [2.05, 4.69) is 15.0 Å². The van der Waals surface area contributed by atoms with Crippen molar-refractivity contribution in [2.75, 3.05) is 5.75 Å². The number of carbonyl (C=O) groups is 1. The standard InChI is InChI=1S/C14H11N3O2S/c18-12(9-20-14-16-7-8-17-14)19-11-5-1-3-10-4-2-6-15-13(10)11/h1-8H,9H2,(H,16,17). The molecule has 1 aromatic carbocycles. The number of ether oxygens (including phenoxy) is 1. The van der Waals surface area contributed by atoms with Crippen LogP contribution in [0.3, 0.4) is 0 Å². The van der Waals surface area contributed by atoms with E-state index in [9.17, 15) is 4.79 Å². The topological polar surface area (TPSA) is 67.9 Å². The van der Waals surface area contributed by atoms with Crippen LogP contribution in [0.2, 0.25) is 0 Å². The van der Waals surface area contributed by atoms with Gasteiger partial charge in [-0.1, -0.05) is 30.0 Å². The van der Waals surface area contributed by atoms with Crippen molar-refractivity contribution in [2.45, 2.75) is 5.16 Å². The Kier molecular flexibility index (Phi) is 3.64. The largest absolute Gasteiger partial charge is 0.424 e. The summed E-state index contributed by atoms with van der Waals surface area (Å²) in [6.45, 7) is 0. The monoisotopic (exact) mass is 285 g/mol. The van der Waals surface area contributed by atoms with E-state index in [1.54, 1.807) is 24.7 Å². The number of pyridine rings is 1. The summed E-state index contributed by atoms with van der Waals surface area (Å²) in [6.07, 6.45) is 5.03. The highest BCUT2D eigenvalue weighted by Gasteiger charge is 2.10. The van der Waals surface area contributed by atoms with Crippen LogP contribution in [0.4, 0.5) is 0 Å². The van der Waals surface area contributed by atoms with Gasteiger partial charge in [0.25, 0.3) is 0 Å². The van der Waals surface area contributed by atoms with E-state index in [-0.39, 0.29) is 11.7 Å². The Morgan fingerprint density at radius 2 is 2.10 bits per heavy atom. The lowest BCUT2D eigenvalue weighted by molar-refractivity contribution is -0.131. The van der Waals surface area contributed by atoms with Crippen molar-refractivity contribution in [1.29, 1.82) is 0 Å². The molecule has 0 amide bonds. The quantitative estimate of drug-likeness (QED) is 0.453. The molecule has 100 valence electrons. The van der Waals surface area contributed by atoms with Gasteiger partial charge >= 0.3 is 5.97 Å². The number of carbonyl (C=O) groups excluding carboxylic acids is 1. The van der Waals surface area contributed by atoms with Crippen molar-refractivity contribution in [3.8, 4) is 5.75 Å². The molecule has 2 heterocycles. The number of hydrogen-bond acceptors (Lipinski definition) is 5. The first-order valence-electron chi connectivity index (χ1n) is 5.99. The summed E-state index contributed by atoms with van der Waals surface area (Å²) in [7, 11) is 0. The maximum Gasteiger partial charge on any atom is 0.321 e. The Hall–Kier alpha value is -2.34. The predicted molar refractivity (Wildman–Crippen MR) is 76.7 cm³/mol. The average molecular weight is 285 g/mol. The Labute approximate surface area is 119 Å². The van der Waals surface area contributed by atoms with Gasteiger partial charge in [-0.25, -0.2) is 4.98 Å². The zero-order valence-electron chi connectivity index (χ0n) is 10.4. The molecule has 0 aliphatic carbocycles. The number of hydrogen-bond donors (Lipinski definition) is 1. The third-order valence-electron chi connectivity index (χ3n) is 2.62. The van der Waals surface area contributed by atoms with Gasteiger partial charge in [-0.2, -0.15) is 0 Å². The minimum Gasteiger partial charge on any atom is -0.424 e. The summed E-state index contributed by atoms with van der Waals surface area (Å²) in [5.41, 5.74) is 0.686. The number of nitrogens with zero attached hydrogens (tertiary/aromatic N) is 2. The number of H-pyrrole nitrogens is 1. The van der Waals surface area contributed by atoms with Crippen LogP contribution >= 0.6 is 11.8 Å². The van der Waals surface area contributed by atoms with Gasteiger partial charge in [-0.3, -0.25) is 9.78 Å². The SMILES string of the molecule is O=C(CSc1ncc[nH]1)Oc1cccc2cccnc12. The molecule has 0 fully saturated rings. The molecule has 0 aliphatic heterocycles. The van der Waals surface area contributed by atoms with Gasteiger partial charge in [-0.15, -0.1) is 0 Å². The number of rotatable bonds is 4. The summed E-state index contributed by atoms with van der Waals surface area (Å²) in [5, 5.41) is 1.63. The van der Waals surface area contributed by atoms with E-state index in [4.69, 9.17) is 4.74 Å². The molecule has 6 heteroatoms. The first-order chi connectivity index (χ1) is 9.83. The van der Waals surface area contributed by atoms with Crippen molar-refractivity contribution < 1.29 is 9.53 Å². The van der Waals surface area contributed by atoms with Crippen LogP contribution in [-0.2, 0) is 4.79 Å². The maximum atomic E-state index is 11.8. The molecule has 2 aromatic heterocycles. The molecule has 3 aromatic rings. The molecule has 5 nitrogen and oxygen atoms in total. The van der Waals surface area contributed by atoms with Crippen molar-refractivity contribution in [3.63, 3.8) is 0 Å². The summed E-state index contributed by atoms with van der Waals surface area (Å²) in [4.78, 5) is 23.0. The van der Waals surface area contributed by atoms with Crippen molar-refractivity contribution in [1.82, 2.24) is 15.0 Å². The predicted octanol–water partition coefficient (Wildman–Crippen LogP) is 2.66. The third kappa shape index (κ3) is 2.80. The Bertz CT molecular complexity index is 723. The fraction of sp³-hybridized carbons (Fsp3) is 0.0714. The lowest BCUT2D eigenvalue weighted by atomic mass is 10.2. The molecule has 0 radical (unpaired) electrons. The number of esters is 1. The van der Waals surface area contributed by atoms with E-state index in [1.807, 2.05) is 24.3 Å². The number of thioether (sulfide) groups is 1. The van der Waals surface area contributed by atoms with Crippen molar-refractivity contribution >= 4 is 28.6 Å². The molecule has 0 saturated heterocycles. The van der Waals surface area contributed by atoms with Crippen LogP contribution in [0.1, 0.15) is 0 Å². The highest BCUT2D eigenvalue weighted by Crippen LogP contribution is 2.23. The molecule has 0 unspecified atom stereocenters. The average Bonchev–Trinajstić information content (AvgIpc) is 2.99. The van der Waals surface area contributed by atoms with E-state index in [1.165, 1.54) is 11.8 Å². The number of fused-ring (bicyclic) bond motifs is 1. The second-order valence-corrected chi connectivity index (χ2v) is 4.95. The molecule has 3 rings (SSSR count). The summed E-state index contributed by atoms with van der Waals surface area (Å²) < 4.78 is 5.36. The Morgan fingerprint density at radius 1 is 1.20 bits per heavy atom. The number of imidazole rings is 1. The molecule has 0 atom stereocenters. The van der Waals surface area contributed by atoms with Crippen LogP contribution in [0.5, 0.6) is 5.75 Å². The molecule has 20 heavy (non-hydrogen) atoms. The number of benzene rings is 1. The summed E-state index contributed by atoms with van der Waals surface area (Å²) in [6, 6.07) is 9.28. The van der Waals surface area contributed by atoms with Crippen LogP contribution in [0.25, 0.3) is 10.9 Å². The molecule has 0 saturated carbocycles. The van der Waals surface area contributed by atoms with Gasteiger partial charge < -0.3 is 9.72 Å². The highest BCUT2D eigenvalue weighted by molar-refractivity contribution is 7.99. The number of aromatic amines is 1. The highest BCUT2D eigenvalue weighted by atomic mass is 32.2. The number of aromatic nitrogens is 3. The third-order valence-corrected chi connectivity index (χ3v) is 3.50. The minimum absolute atomic E-state index is 0.191. The molecule has 0 aliphatic rings. The van der Waals surface area contributed by atoms with E-state index < -0.39 is 0 Å². The van der Waals surface area contributed by atoms with E-state index >= 15 is 0 Å². The van der Waals surface area contributed by atoms with Gasteiger partial charge in [0.1, 0.15) is 5.52 Å². The van der Waals surface area contributed by atoms with Gasteiger partial charge in [0.2, 0.25) is 0 Å². The minimum atomic E-state index is -0.329. The fourth-order valence-corrected chi connectivity index (χ4v) is 2.37. The van der Waals surface area contributed by atoms with Crippen LogP contribution in [0, 0.1) is 0 Å². The summed E-state index contributed by atoms with van der Waals surface area (Å²) >= 11 is 1.30. The van der Waals surface area contributed by atoms with Gasteiger partial charge in [0.05, 0.1) is 5.75 Å². The molecule has 0 bridgehead atoms. The zero-order chi connectivity index (χ0) is 13.8. The van der Waals surface area contributed by atoms with Gasteiger partial charge in [0, 0.05) is 24.0 Å². The second-order valence-electron chi connectivity index (χ2n) is 3.99. The van der Waals surface area contributed by atoms with Crippen molar-refractivity contribution in [3.05, 3.63) is 48.9 Å². The van der Waals surface area contributed by atoms with Crippen molar-refractivity contribution in [2.24, 2.45) is 0 Å². The Morgan fingerprint density at radius 3 is 2.95 bits per heavy atom. The fourth-order valence-electron chi connectivity index (χ4n) is 1.77. The van der Waals surface area contributed by atoms with Crippen LogP contribution in [-0.4, -0.2) is 26.7 Å². The lowest BCUT2D eigenvalue weighted by Crippen LogP contribution is -2.11. The van der Waals surface area contributed by atoms with E-state index in [0.29, 0.717) is 16.4 Å². The maximum absolute atomic E-state index is 11.8. The smallest absolute Gasteiger partial charge is 0.321 e. The molecular formula is C14H11N3O2S. The first kappa shape index (κ1) is 12.7.